The minimum Gasteiger partial charge on any atom is -0.364 e. The number of hydrogen-bond acceptors (Lipinski definition) is 3. The van der Waals surface area contributed by atoms with Crippen LogP contribution in [0.3, 0.4) is 0 Å². The van der Waals surface area contributed by atoms with Gasteiger partial charge < -0.3 is 9.84 Å². The topological polar surface area (TPSA) is 41.8 Å². The quantitative estimate of drug-likeness (QED) is 0.699. The second-order valence-corrected chi connectivity index (χ2v) is 3.36. The molecule has 2 aliphatic heterocycles. The number of hydrogen-bond donors (Lipinski definition) is 1. The molecule has 0 amide bonds. The molecule has 0 saturated carbocycles. The summed E-state index contributed by atoms with van der Waals surface area (Å²) in [6.45, 7) is 0.511. The van der Waals surface area contributed by atoms with Crippen molar-refractivity contribution in [3.05, 3.63) is 34.9 Å². The maximum Gasteiger partial charge on any atom is 0.181 e. The van der Waals surface area contributed by atoms with Gasteiger partial charge in [-0.25, -0.2) is 0 Å². The average Bonchev–Trinajstić information content (AvgIpc) is 2.93. The first-order valence-corrected chi connectivity index (χ1v) is 4.30. The van der Waals surface area contributed by atoms with Crippen LogP contribution in [0.4, 0.5) is 0 Å². The smallest absolute Gasteiger partial charge is 0.181 e. The summed E-state index contributed by atoms with van der Waals surface area (Å²) < 4.78 is 5.09. The average molecular weight is 175 g/mol. The van der Waals surface area contributed by atoms with Crippen molar-refractivity contribution in [3.63, 3.8) is 0 Å². The molecule has 0 aliphatic carbocycles. The summed E-state index contributed by atoms with van der Waals surface area (Å²) in [5, 5.41) is 9.37. The van der Waals surface area contributed by atoms with E-state index < -0.39 is 6.29 Å². The van der Waals surface area contributed by atoms with Gasteiger partial charge in [0, 0.05) is 11.8 Å². The van der Waals surface area contributed by atoms with Gasteiger partial charge in [-0.1, -0.05) is 18.2 Å². The Morgan fingerprint density at radius 1 is 1.46 bits per heavy atom. The Hall–Kier alpha value is -1.19. The minimum absolute atomic E-state index is 0.281. The highest BCUT2D eigenvalue weighted by Crippen LogP contribution is 2.32. The molecule has 2 unspecified atom stereocenters. The molecule has 0 fully saturated rings. The number of nitrogens with zero attached hydrogens (tertiary/aromatic N) is 1. The predicted octanol–water partition coefficient (Wildman–Crippen LogP) is 1.33. The first-order chi connectivity index (χ1) is 6.34. The minimum atomic E-state index is -0.732. The fraction of sp³-hybridized carbons (Fsp3) is 0.300. The van der Waals surface area contributed by atoms with Gasteiger partial charge in [0.25, 0.3) is 0 Å². The third-order valence-electron chi connectivity index (χ3n) is 2.47. The second-order valence-electron chi connectivity index (χ2n) is 3.36. The highest BCUT2D eigenvalue weighted by Gasteiger charge is 2.23. The lowest BCUT2D eigenvalue weighted by Gasteiger charge is -2.03. The van der Waals surface area contributed by atoms with Gasteiger partial charge in [-0.05, 0) is 11.1 Å². The molecule has 0 radical (unpaired) electrons. The summed E-state index contributed by atoms with van der Waals surface area (Å²) in [5.41, 5.74) is 3.17. The van der Waals surface area contributed by atoms with E-state index in [0.717, 1.165) is 11.1 Å². The second kappa shape index (κ2) is 2.40. The van der Waals surface area contributed by atoms with E-state index in [2.05, 4.69) is 11.1 Å². The number of benzene rings is 1. The number of aliphatic hydroxyl groups is 1. The van der Waals surface area contributed by atoms with Crippen molar-refractivity contribution in [2.24, 2.45) is 4.99 Å². The van der Waals surface area contributed by atoms with Crippen molar-refractivity contribution >= 4 is 6.21 Å². The van der Waals surface area contributed by atoms with Crippen LogP contribution in [0.2, 0.25) is 0 Å². The maximum absolute atomic E-state index is 9.37. The Morgan fingerprint density at radius 3 is 3.08 bits per heavy atom. The van der Waals surface area contributed by atoms with E-state index in [1.54, 1.807) is 0 Å². The Morgan fingerprint density at radius 2 is 2.31 bits per heavy atom. The number of aliphatic hydroxyl groups excluding tert-OH is 1. The van der Waals surface area contributed by atoms with E-state index in [4.69, 9.17) is 4.74 Å². The number of fused-ring (bicyclic) bond motifs is 1. The van der Waals surface area contributed by atoms with Crippen LogP contribution >= 0.6 is 0 Å². The van der Waals surface area contributed by atoms with E-state index in [-0.39, 0.29) is 6.04 Å². The van der Waals surface area contributed by atoms with Gasteiger partial charge in [-0.15, -0.1) is 0 Å². The van der Waals surface area contributed by atoms with Gasteiger partial charge in [-0.2, -0.15) is 0 Å². The van der Waals surface area contributed by atoms with Crippen molar-refractivity contribution in [1.82, 2.24) is 0 Å². The molecule has 0 bridgehead atoms. The first-order valence-electron chi connectivity index (χ1n) is 4.30. The molecule has 2 heterocycles. The van der Waals surface area contributed by atoms with Gasteiger partial charge in [0.1, 0.15) is 6.04 Å². The molecule has 2 aliphatic rings. The normalized spacial score (nSPS) is 29.0. The number of ether oxygens (including phenoxy) is 1. The van der Waals surface area contributed by atoms with Crippen LogP contribution in [0.1, 0.15) is 29.0 Å². The molecule has 66 valence electrons. The summed E-state index contributed by atoms with van der Waals surface area (Å²) in [7, 11) is 0. The molecule has 3 heteroatoms. The molecule has 1 N–H and O–H groups in total. The zero-order valence-corrected chi connectivity index (χ0v) is 6.97. The lowest BCUT2D eigenvalue weighted by molar-refractivity contribution is -0.0918. The van der Waals surface area contributed by atoms with Gasteiger partial charge in [0.15, 0.2) is 6.29 Å². The Bertz CT molecular complexity index is 381. The molecular weight excluding hydrogens is 166 g/mol. The summed E-state index contributed by atoms with van der Waals surface area (Å²) in [6.07, 6.45) is 1.18. The molecule has 1 aromatic carbocycles. The first kappa shape index (κ1) is 7.24. The van der Waals surface area contributed by atoms with Crippen molar-refractivity contribution in [2.45, 2.75) is 18.9 Å². The van der Waals surface area contributed by atoms with Crippen molar-refractivity contribution in [2.75, 3.05) is 0 Å². The number of rotatable bonds is 1. The van der Waals surface area contributed by atoms with E-state index in [0.29, 0.717) is 6.61 Å². The Labute approximate surface area is 75.7 Å². The van der Waals surface area contributed by atoms with Gasteiger partial charge in [0.05, 0.1) is 6.61 Å². The van der Waals surface area contributed by atoms with Crippen LogP contribution < -0.4 is 0 Å². The molecule has 1 aromatic rings. The molecular formula is C10H9NO2. The van der Waals surface area contributed by atoms with Crippen LogP contribution in [0.25, 0.3) is 0 Å². The Kier molecular flexibility index (Phi) is 1.34. The lowest BCUT2D eigenvalue weighted by atomic mass is 10.0. The monoisotopic (exact) mass is 175 g/mol. The van der Waals surface area contributed by atoms with E-state index >= 15 is 0 Å². The Balaban J connectivity index is 2.02. The van der Waals surface area contributed by atoms with Crippen LogP contribution in [0.15, 0.2) is 23.2 Å². The largest absolute Gasteiger partial charge is 0.364 e. The van der Waals surface area contributed by atoms with Gasteiger partial charge in [-0.3, -0.25) is 4.99 Å². The zero-order chi connectivity index (χ0) is 8.84. The van der Waals surface area contributed by atoms with E-state index in [1.807, 2.05) is 18.3 Å². The SMILES string of the molecule is OC1OCc2cc(C3C=N3)ccc21. The summed E-state index contributed by atoms with van der Waals surface area (Å²) in [6, 6.07) is 6.25. The number of aliphatic imine (C=N–C) groups is 1. The molecule has 3 nitrogen and oxygen atoms in total. The van der Waals surface area contributed by atoms with Gasteiger partial charge >= 0.3 is 0 Å². The highest BCUT2D eigenvalue weighted by molar-refractivity contribution is 5.80. The van der Waals surface area contributed by atoms with Gasteiger partial charge in [0.2, 0.25) is 0 Å². The molecule has 0 saturated heterocycles. The van der Waals surface area contributed by atoms with Crippen LogP contribution in [-0.4, -0.2) is 11.3 Å². The molecule has 3 rings (SSSR count). The van der Waals surface area contributed by atoms with Crippen LogP contribution in [0.5, 0.6) is 0 Å². The summed E-state index contributed by atoms with van der Waals surface area (Å²) in [5.74, 6) is 0. The maximum atomic E-state index is 9.37. The summed E-state index contributed by atoms with van der Waals surface area (Å²) >= 11 is 0. The van der Waals surface area contributed by atoms with Crippen molar-refractivity contribution in [3.8, 4) is 0 Å². The third kappa shape index (κ3) is 1.08. The van der Waals surface area contributed by atoms with E-state index in [1.165, 1.54) is 5.56 Å². The fourth-order valence-corrected chi connectivity index (χ4v) is 1.65. The zero-order valence-electron chi connectivity index (χ0n) is 6.97. The molecule has 13 heavy (non-hydrogen) atoms. The highest BCUT2D eigenvalue weighted by atomic mass is 16.6. The molecule has 0 spiro atoms. The molecule has 2 atom stereocenters. The van der Waals surface area contributed by atoms with E-state index in [9.17, 15) is 5.11 Å². The third-order valence-corrected chi connectivity index (χ3v) is 2.47. The lowest BCUT2D eigenvalue weighted by Crippen LogP contribution is -1.92. The van der Waals surface area contributed by atoms with Crippen molar-refractivity contribution in [1.29, 1.82) is 0 Å². The molecule has 0 aromatic heterocycles. The van der Waals surface area contributed by atoms with Crippen LogP contribution in [-0.2, 0) is 11.3 Å². The van der Waals surface area contributed by atoms with Crippen molar-refractivity contribution < 1.29 is 9.84 Å². The predicted molar refractivity (Wildman–Crippen MR) is 47.4 cm³/mol. The van der Waals surface area contributed by atoms with Crippen LogP contribution in [0, 0.1) is 0 Å². The standard InChI is InChI=1S/C10H9NO2/c12-10-8-2-1-6(9-4-11-9)3-7(8)5-13-10/h1-4,9-10,12H,5H2. The fourth-order valence-electron chi connectivity index (χ4n) is 1.65. The summed E-state index contributed by atoms with van der Waals surface area (Å²) in [4.78, 5) is 4.09.